The fourth-order valence-electron chi connectivity index (χ4n) is 6.08. The molecule has 3 atom stereocenters. The minimum Gasteiger partial charge on any atom is -0.502 e. The molecule has 1 fully saturated rings. The minimum absolute atomic E-state index is 0.0158. The first-order valence-corrected chi connectivity index (χ1v) is 13.1. The Morgan fingerprint density at radius 1 is 1.07 bits per heavy atom. The number of fused-ring (bicyclic) bond motifs is 4. The summed E-state index contributed by atoms with van der Waals surface area (Å²) < 4.78 is 24.3. The molecule has 40 heavy (non-hydrogen) atoms. The van der Waals surface area contributed by atoms with E-state index in [1.165, 1.54) is 27.4 Å². The summed E-state index contributed by atoms with van der Waals surface area (Å²) in [6.07, 6.45) is 0.755. The summed E-state index contributed by atoms with van der Waals surface area (Å²) in [5.74, 6) is -0.342. The molecular weight excluding hydrogens is 518 g/mol. The number of aromatic hydroxyl groups is 1. The Morgan fingerprint density at radius 2 is 1.80 bits per heavy atom. The predicted octanol–water partition coefficient (Wildman–Crippen LogP) is 2.16. The van der Waals surface area contributed by atoms with Crippen molar-refractivity contribution in [3.05, 3.63) is 79.8 Å². The van der Waals surface area contributed by atoms with Crippen LogP contribution in [0, 0.1) is 5.92 Å². The van der Waals surface area contributed by atoms with E-state index in [1.54, 1.807) is 24.3 Å². The lowest BCUT2D eigenvalue weighted by Gasteiger charge is -2.42. The molecule has 2 aromatic heterocycles. The number of benzene rings is 1. The van der Waals surface area contributed by atoms with E-state index in [-0.39, 0.29) is 29.6 Å². The second kappa shape index (κ2) is 11.1. The topological polar surface area (TPSA) is 146 Å². The molecule has 1 saturated heterocycles. The minimum atomic E-state index is -0.890. The number of rotatable bonds is 9. The first kappa shape index (κ1) is 27.3. The van der Waals surface area contributed by atoms with Crippen LogP contribution in [0.2, 0.25) is 0 Å². The van der Waals surface area contributed by atoms with E-state index >= 15 is 0 Å². The number of nitrogens with two attached hydrogens (primary N) is 1. The summed E-state index contributed by atoms with van der Waals surface area (Å²) in [5.41, 5.74) is 6.48. The maximum Gasteiger partial charge on any atom is 0.250 e. The molecule has 2 aliphatic rings. The molecule has 0 saturated carbocycles. The van der Waals surface area contributed by atoms with Crippen molar-refractivity contribution in [2.24, 2.45) is 11.7 Å². The molecule has 5 rings (SSSR count). The number of nitrogens with zero attached hydrogens (tertiary/aromatic N) is 2. The monoisotopic (exact) mass is 551 g/mol. The van der Waals surface area contributed by atoms with E-state index in [4.69, 9.17) is 24.4 Å². The molecule has 0 unspecified atom stereocenters. The first-order chi connectivity index (χ1) is 19.2. The highest BCUT2D eigenvalue weighted by molar-refractivity contribution is 5.75. The van der Waals surface area contributed by atoms with Gasteiger partial charge in [0.05, 0.1) is 33.8 Å². The summed E-state index contributed by atoms with van der Waals surface area (Å²) in [6.45, 7) is 2.39. The van der Waals surface area contributed by atoms with Crippen LogP contribution in [0.3, 0.4) is 0 Å². The van der Waals surface area contributed by atoms with E-state index in [0.29, 0.717) is 48.2 Å². The Morgan fingerprint density at radius 3 is 2.45 bits per heavy atom. The van der Waals surface area contributed by atoms with E-state index in [1.807, 2.05) is 10.6 Å². The normalized spacial score (nSPS) is 19.0. The zero-order chi connectivity index (χ0) is 28.6. The number of methoxy groups -OCH3 is 3. The van der Waals surface area contributed by atoms with Gasteiger partial charge in [-0.3, -0.25) is 19.3 Å². The van der Waals surface area contributed by atoms with Crippen molar-refractivity contribution in [2.75, 3.05) is 34.4 Å². The van der Waals surface area contributed by atoms with Crippen LogP contribution in [-0.4, -0.2) is 54.9 Å². The molecule has 1 aromatic carbocycles. The number of amides is 1. The average molecular weight is 552 g/mol. The summed E-state index contributed by atoms with van der Waals surface area (Å²) in [6, 6.07) is 9.92. The third-order valence-electron chi connectivity index (χ3n) is 7.75. The summed E-state index contributed by atoms with van der Waals surface area (Å²) in [7, 11) is 4.40. The highest BCUT2D eigenvalue weighted by Gasteiger charge is 2.35. The molecule has 1 amide bonds. The average Bonchev–Trinajstić information content (AvgIpc) is 2.93. The SMILES string of the molecule is COc1cc([C@@H](CC(N)=O)c2oc(CN3C[C@H]4C[C@@H](C3)c3cccc(=O)n3C4)cc(=O)c2O)cc(OC)c1OC. The molecule has 0 aliphatic carbocycles. The number of pyridine rings is 1. The van der Waals surface area contributed by atoms with Crippen LogP contribution in [0.5, 0.6) is 23.0 Å². The van der Waals surface area contributed by atoms with Gasteiger partial charge in [0.25, 0.3) is 5.56 Å². The van der Waals surface area contributed by atoms with E-state index in [2.05, 4.69) is 4.90 Å². The number of hydrogen-bond donors (Lipinski definition) is 2. The van der Waals surface area contributed by atoms with Crippen LogP contribution >= 0.6 is 0 Å². The number of hydrogen-bond acceptors (Lipinski definition) is 9. The standard InChI is InChI=1S/C29H33N3O8/c1-37-23-8-17(9-24(38-2)29(23)39-3)20(11-25(30)34)28-27(36)22(33)10-19(40-28)15-31-12-16-7-18(14-31)21-5-4-6-26(35)32(21)13-16/h4-6,8-10,16,18,20,36H,7,11-15H2,1-3H3,(H2,30,34)/t16-,18+,20-/m1/s1. The van der Waals surface area contributed by atoms with Crippen LogP contribution < -0.4 is 30.9 Å². The predicted molar refractivity (Wildman–Crippen MR) is 145 cm³/mol. The molecule has 11 heteroatoms. The van der Waals surface area contributed by atoms with Gasteiger partial charge in [-0.25, -0.2) is 0 Å². The highest BCUT2D eigenvalue weighted by Crippen LogP contribution is 2.43. The molecule has 3 aromatic rings. The number of carbonyl (C=O) groups excluding carboxylic acids is 1. The van der Waals surface area contributed by atoms with Gasteiger partial charge in [-0.05, 0) is 36.1 Å². The van der Waals surface area contributed by atoms with Crippen molar-refractivity contribution in [1.82, 2.24) is 9.47 Å². The summed E-state index contributed by atoms with van der Waals surface area (Å²) in [5, 5.41) is 10.8. The number of carbonyl (C=O) groups is 1. The molecule has 0 radical (unpaired) electrons. The Kier molecular flexibility index (Phi) is 7.57. The number of piperidine rings is 1. The molecule has 3 N–H and O–H groups in total. The van der Waals surface area contributed by atoms with Gasteiger partial charge in [0.15, 0.2) is 17.3 Å². The van der Waals surface area contributed by atoms with E-state index in [0.717, 1.165) is 18.7 Å². The van der Waals surface area contributed by atoms with Crippen LogP contribution in [0.15, 0.2) is 50.4 Å². The molecule has 2 aliphatic heterocycles. The zero-order valence-corrected chi connectivity index (χ0v) is 22.7. The molecule has 212 valence electrons. The van der Waals surface area contributed by atoms with Gasteiger partial charge in [-0.1, -0.05) is 6.07 Å². The molecule has 11 nitrogen and oxygen atoms in total. The van der Waals surface area contributed by atoms with Crippen molar-refractivity contribution in [1.29, 1.82) is 0 Å². The molecule has 0 spiro atoms. The Labute approximate surface area is 230 Å². The second-order valence-electron chi connectivity index (χ2n) is 10.4. The first-order valence-electron chi connectivity index (χ1n) is 13.1. The number of likely N-dealkylation sites (tertiary alicyclic amines) is 1. The van der Waals surface area contributed by atoms with Crippen molar-refractivity contribution >= 4 is 5.91 Å². The van der Waals surface area contributed by atoms with Crippen LogP contribution in [-0.2, 0) is 17.9 Å². The van der Waals surface area contributed by atoms with Gasteiger partial charge in [-0.15, -0.1) is 0 Å². The van der Waals surface area contributed by atoms with Gasteiger partial charge in [0, 0.05) is 49.8 Å². The maximum atomic E-state index is 12.9. The summed E-state index contributed by atoms with van der Waals surface area (Å²) in [4.78, 5) is 39.6. The largest absolute Gasteiger partial charge is 0.502 e. The Hall–Kier alpha value is -4.25. The number of ether oxygens (including phenoxy) is 3. The lowest BCUT2D eigenvalue weighted by atomic mass is 9.83. The number of primary amides is 1. The van der Waals surface area contributed by atoms with Gasteiger partial charge < -0.3 is 34.0 Å². The van der Waals surface area contributed by atoms with Crippen LogP contribution in [0.4, 0.5) is 0 Å². The zero-order valence-electron chi connectivity index (χ0n) is 22.7. The van der Waals surface area contributed by atoms with Gasteiger partial charge in [0.2, 0.25) is 22.8 Å². The van der Waals surface area contributed by atoms with Gasteiger partial charge in [-0.2, -0.15) is 0 Å². The van der Waals surface area contributed by atoms with Crippen molar-refractivity contribution in [3.8, 4) is 23.0 Å². The fraction of sp³-hybridized carbons (Fsp3) is 0.414. The number of aromatic nitrogens is 1. The van der Waals surface area contributed by atoms with Gasteiger partial charge in [0.1, 0.15) is 5.76 Å². The van der Waals surface area contributed by atoms with Gasteiger partial charge >= 0.3 is 0 Å². The van der Waals surface area contributed by atoms with E-state index in [9.17, 15) is 19.5 Å². The lowest BCUT2D eigenvalue weighted by molar-refractivity contribution is -0.118. The maximum absolute atomic E-state index is 12.9. The summed E-state index contributed by atoms with van der Waals surface area (Å²) >= 11 is 0. The smallest absolute Gasteiger partial charge is 0.250 e. The third kappa shape index (κ3) is 5.16. The molecule has 4 heterocycles. The van der Waals surface area contributed by atoms with Crippen LogP contribution in [0.25, 0.3) is 0 Å². The van der Waals surface area contributed by atoms with Crippen molar-refractivity contribution in [2.45, 2.75) is 37.8 Å². The van der Waals surface area contributed by atoms with E-state index < -0.39 is 23.0 Å². The Balaban J connectivity index is 1.49. The highest BCUT2D eigenvalue weighted by atomic mass is 16.5. The molecule has 2 bridgehead atoms. The van der Waals surface area contributed by atoms with Crippen molar-refractivity contribution in [3.63, 3.8) is 0 Å². The Bertz CT molecular complexity index is 1520. The third-order valence-corrected chi connectivity index (χ3v) is 7.75. The van der Waals surface area contributed by atoms with Crippen LogP contribution in [0.1, 0.15) is 47.5 Å². The second-order valence-corrected chi connectivity index (χ2v) is 10.4. The van der Waals surface area contributed by atoms with Crippen molar-refractivity contribution < 1.29 is 28.5 Å². The lowest BCUT2D eigenvalue weighted by Crippen LogP contribution is -2.46. The molecular formula is C29H33N3O8. The fourth-order valence-corrected chi connectivity index (χ4v) is 6.08. The quantitative estimate of drug-likeness (QED) is 0.408.